The molecule has 0 saturated carbocycles. The van der Waals surface area contributed by atoms with Crippen molar-refractivity contribution in [3.63, 3.8) is 0 Å². The van der Waals surface area contributed by atoms with E-state index in [2.05, 4.69) is 6.92 Å². The maximum Gasteiger partial charge on any atom is 0.305 e. The largest absolute Gasteiger partial charge is 0.460 e. The molecule has 6 nitrogen and oxygen atoms in total. The molecular weight excluding hydrogens is 406 g/mol. The van der Waals surface area contributed by atoms with Crippen LogP contribution in [-0.2, 0) is 9.53 Å². The van der Waals surface area contributed by atoms with Gasteiger partial charge in [-0.05, 0) is 6.42 Å². The number of alkyl halides is 1. The first-order valence-corrected chi connectivity index (χ1v) is 12.5. The Bertz CT molecular complexity index is 392. The minimum atomic E-state index is -0.725. The minimum Gasteiger partial charge on any atom is -0.460 e. The van der Waals surface area contributed by atoms with E-state index in [-0.39, 0.29) is 36.2 Å². The van der Waals surface area contributed by atoms with Crippen LogP contribution in [0.2, 0.25) is 0 Å². The number of carbonyl (C=O) groups is 1. The van der Waals surface area contributed by atoms with E-state index in [0.717, 1.165) is 12.8 Å². The molecule has 0 amide bonds. The topological polar surface area (TPSA) is 87.0 Å². The molecule has 0 rings (SSSR count). The number of unbranched alkanes of at least 4 members (excludes halogenated alkanes) is 10. The van der Waals surface area contributed by atoms with E-state index in [4.69, 9.17) is 16.3 Å². The second-order valence-electron chi connectivity index (χ2n) is 8.46. The van der Waals surface area contributed by atoms with Crippen molar-refractivity contribution >= 4 is 17.6 Å². The lowest BCUT2D eigenvalue weighted by atomic mass is 10.1. The standard InChI is InChI=1S/C23H47ClNO5/c1-2-3-4-5-6-7-8-9-10-11-12-13-23(29)30-19-16-25(14-17-26,15-18-27)21-22(28)20-24/h22,26-28H,2-21H2,1H3/q+1/t22-/m1/s1. The predicted octanol–water partition coefficient (Wildman–Crippen LogP) is 3.63. The lowest BCUT2D eigenvalue weighted by Gasteiger charge is -2.38. The molecular formula is C23H47ClNO5+. The fourth-order valence-electron chi connectivity index (χ4n) is 3.89. The third-order valence-electron chi connectivity index (χ3n) is 5.74. The summed E-state index contributed by atoms with van der Waals surface area (Å²) in [6, 6.07) is 0. The summed E-state index contributed by atoms with van der Waals surface area (Å²) in [6.07, 6.45) is 13.4. The van der Waals surface area contributed by atoms with E-state index in [1.165, 1.54) is 57.8 Å². The molecule has 30 heavy (non-hydrogen) atoms. The number of halogens is 1. The Morgan fingerprint density at radius 2 is 1.37 bits per heavy atom. The van der Waals surface area contributed by atoms with Gasteiger partial charge in [-0.15, -0.1) is 11.6 Å². The quantitative estimate of drug-likeness (QED) is 0.101. The average Bonchev–Trinajstić information content (AvgIpc) is 2.72. The number of hydrogen-bond donors (Lipinski definition) is 3. The molecule has 0 aromatic rings. The van der Waals surface area contributed by atoms with Crippen LogP contribution in [-0.4, -0.2) is 83.8 Å². The fraction of sp³-hybridized carbons (Fsp3) is 0.957. The number of carbonyl (C=O) groups excluding carboxylic acids is 1. The van der Waals surface area contributed by atoms with Gasteiger partial charge in [-0.1, -0.05) is 71.1 Å². The van der Waals surface area contributed by atoms with Crippen LogP contribution in [0.1, 0.15) is 84.0 Å². The highest BCUT2D eigenvalue weighted by molar-refractivity contribution is 6.18. The summed E-state index contributed by atoms with van der Waals surface area (Å²) in [6.45, 7) is 3.84. The molecule has 0 aliphatic heterocycles. The number of quaternary nitrogens is 1. The summed E-state index contributed by atoms with van der Waals surface area (Å²) in [5.41, 5.74) is 0. The number of ether oxygens (including phenoxy) is 1. The monoisotopic (exact) mass is 452 g/mol. The molecule has 0 aromatic carbocycles. The zero-order valence-electron chi connectivity index (χ0n) is 19.2. The van der Waals surface area contributed by atoms with Gasteiger partial charge in [0.05, 0.1) is 19.1 Å². The number of aliphatic hydroxyl groups is 3. The summed E-state index contributed by atoms with van der Waals surface area (Å²) in [7, 11) is 0. The number of rotatable bonds is 22. The summed E-state index contributed by atoms with van der Waals surface area (Å²) >= 11 is 5.71. The Morgan fingerprint density at radius 3 is 1.83 bits per heavy atom. The highest BCUT2D eigenvalue weighted by Gasteiger charge is 2.29. The SMILES string of the molecule is CCCCCCCCCCCCCC(=O)OCC[N+](CCO)(CCO)C[C@H](O)CCl. The lowest BCUT2D eigenvalue weighted by Crippen LogP contribution is -2.57. The summed E-state index contributed by atoms with van der Waals surface area (Å²) in [4.78, 5) is 12.0. The van der Waals surface area contributed by atoms with Crippen molar-refractivity contribution in [1.29, 1.82) is 0 Å². The van der Waals surface area contributed by atoms with Gasteiger partial charge in [-0.3, -0.25) is 4.79 Å². The minimum absolute atomic E-state index is 0.0678. The Labute approximate surface area is 189 Å². The van der Waals surface area contributed by atoms with E-state index in [9.17, 15) is 20.1 Å². The number of aliphatic hydroxyl groups excluding tert-OH is 3. The van der Waals surface area contributed by atoms with Crippen molar-refractivity contribution in [1.82, 2.24) is 0 Å². The van der Waals surface area contributed by atoms with Crippen LogP contribution in [0.4, 0.5) is 0 Å². The van der Waals surface area contributed by atoms with E-state index in [1.54, 1.807) is 0 Å². The number of esters is 1. The van der Waals surface area contributed by atoms with Crippen LogP contribution in [0.5, 0.6) is 0 Å². The molecule has 0 unspecified atom stereocenters. The Kier molecular flexibility index (Phi) is 20.2. The van der Waals surface area contributed by atoms with Crippen molar-refractivity contribution in [2.45, 2.75) is 90.1 Å². The summed E-state index contributed by atoms with van der Waals surface area (Å²) in [5, 5.41) is 28.6. The van der Waals surface area contributed by atoms with Gasteiger partial charge in [0.15, 0.2) is 0 Å². The molecule has 1 atom stereocenters. The van der Waals surface area contributed by atoms with Crippen LogP contribution < -0.4 is 0 Å². The van der Waals surface area contributed by atoms with Crippen molar-refractivity contribution in [3.8, 4) is 0 Å². The third-order valence-corrected chi connectivity index (χ3v) is 6.09. The molecule has 7 heteroatoms. The van der Waals surface area contributed by atoms with E-state index in [0.29, 0.717) is 32.6 Å². The lowest BCUT2D eigenvalue weighted by molar-refractivity contribution is -0.931. The fourth-order valence-corrected chi connectivity index (χ4v) is 3.99. The van der Waals surface area contributed by atoms with Crippen molar-refractivity contribution in [3.05, 3.63) is 0 Å². The first-order valence-electron chi connectivity index (χ1n) is 12.0. The van der Waals surface area contributed by atoms with Crippen LogP contribution in [0.3, 0.4) is 0 Å². The maximum atomic E-state index is 12.0. The Hall–Kier alpha value is -0.400. The number of nitrogens with zero attached hydrogens (tertiary/aromatic N) is 1. The zero-order chi connectivity index (χ0) is 22.5. The van der Waals surface area contributed by atoms with Crippen LogP contribution in [0.15, 0.2) is 0 Å². The molecule has 0 fully saturated rings. The zero-order valence-corrected chi connectivity index (χ0v) is 20.0. The Balaban J connectivity index is 3.89. The van der Waals surface area contributed by atoms with Gasteiger partial charge in [0, 0.05) is 6.42 Å². The van der Waals surface area contributed by atoms with E-state index in [1.807, 2.05) is 0 Å². The molecule has 3 N–H and O–H groups in total. The van der Waals surface area contributed by atoms with Gasteiger partial charge in [-0.25, -0.2) is 0 Å². The molecule has 0 saturated heterocycles. The Morgan fingerprint density at radius 1 is 0.867 bits per heavy atom. The average molecular weight is 453 g/mol. The molecule has 0 spiro atoms. The highest BCUT2D eigenvalue weighted by atomic mass is 35.5. The molecule has 0 aliphatic rings. The van der Waals surface area contributed by atoms with Gasteiger partial charge < -0.3 is 24.5 Å². The second-order valence-corrected chi connectivity index (χ2v) is 8.76. The number of hydrogen-bond acceptors (Lipinski definition) is 5. The van der Waals surface area contributed by atoms with Gasteiger partial charge in [-0.2, -0.15) is 0 Å². The predicted molar refractivity (Wildman–Crippen MR) is 123 cm³/mol. The summed E-state index contributed by atoms with van der Waals surface area (Å²) < 4.78 is 5.65. The van der Waals surface area contributed by atoms with Crippen LogP contribution in [0.25, 0.3) is 0 Å². The normalized spacial score (nSPS) is 12.8. The third kappa shape index (κ3) is 16.3. The molecule has 180 valence electrons. The van der Waals surface area contributed by atoms with Gasteiger partial charge in [0.1, 0.15) is 38.9 Å². The molecule has 0 heterocycles. The van der Waals surface area contributed by atoms with E-state index >= 15 is 0 Å². The van der Waals surface area contributed by atoms with Crippen molar-refractivity contribution in [2.24, 2.45) is 0 Å². The first kappa shape index (κ1) is 29.6. The maximum absolute atomic E-state index is 12.0. The van der Waals surface area contributed by atoms with E-state index < -0.39 is 6.10 Å². The highest BCUT2D eigenvalue weighted by Crippen LogP contribution is 2.13. The molecule has 0 aliphatic carbocycles. The molecule has 0 radical (unpaired) electrons. The smallest absolute Gasteiger partial charge is 0.305 e. The van der Waals surface area contributed by atoms with Gasteiger partial charge in [0.2, 0.25) is 0 Å². The first-order chi connectivity index (χ1) is 14.5. The van der Waals surface area contributed by atoms with Crippen LogP contribution in [0, 0.1) is 0 Å². The van der Waals surface area contributed by atoms with Gasteiger partial charge in [0.25, 0.3) is 0 Å². The van der Waals surface area contributed by atoms with Crippen molar-refractivity contribution in [2.75, 3.05) is 51.9 Å². The molecule has 0 bridgehead atoms. The van der Waals surface area contributed by atoms with Crippen LogP contribution >= 0.6 is 11.6 Å². The second kappa shape index (κ2) is 20.5. The van der Waals surface area contributed by atoms with Crippen molar-refractivity contribution < 1.29 is 29.3 Å². The summed E-state index contributed by atoms with van der Waals surface area (Å²) in [5.74, 6) is -0.106. The van der Waals surface area contributed by atoms with Gasteiger partial charge >= 0.3 is 5.97 Å². The molecule has 0 aromatic heterocycles.